The molecule has 1 aliphatic heterocycles. The maximum absolute atomic E-state index is 14.3. The van der Waals surface area contributed by atoms with Crippen LogP contribution in [0.1, 0.15) is 126 Å². The lowest BCUT2D eigenvalue weighted by Gasteiger charge is -2.29. The number of nitrogens with one attached hydrogen (secondary N) is 10. The monoisotopic (exact) mass is 1070 g/mol. The maximum Gasteiger partial charge on any atom is 0.249 e. The number of unbranched alkanes of at least 4 members (excludes halogenated alkanes) is 3. The lowest BCUT2D eigenvalue weighted by Crippen LogP contribution is -2.61. The summed E-state index contributed by atoms with van der Waals surface area (Å²) in [5, 5.41) is 56.8. The zero-order valence-corrected chi connectivity index (χ0v) is 44.8. The van der Waals surface area contributed by atoms with Crippen molar-refractivity contribution in [2.24, 2.45) is 34.8 Å². The van der Waals surface area contributed by atoms with Gasteiger partial charge in [-0.25, -0.2) is 0 Å². The SMILES string of the molecule is CCCCCCC(O)C(=O)N[C@H](C(=O)N[C@@H](CCN)C(=O)N[C@H]1CCNC(=O)[C@H](C(C)O)NC(=O)[C@H](CCN)NC(=O)[C@H](CCN)NC(=O)[C@H](CC(C)C)NC(=O)[C@@H](CC(C)C)NC(=O)[C@H](CCN)NC1=O)C(C)O. The molecule has 10 amide bonds. The van der Waals surface area contributed by atoms with E-state index < -0.39 is 145 Å². The number of hydrogen-bond donors (Lipinski definition) is 17. The molecule has 0 saturated carbocycles. The van der Waals surface area contributed by atoms with Crippen molar-refractivity contribution in [2.45, 2.75) is 198 Å². The van der Waals surface area contributed by atoms with Gasteiger partial charge in [0.15, 0.2) is 0 Å². The van der Waals surface area contributed by atoms with Crippen LogP contribution in [-0.2, 0) is 47.9 Å². The molecule has 75 heavy (non-hydrogen) atoms. The van der Waals surface area contributed by atoms with E-state index in [2.05, 4.69) is 53.2 Å². The largest absolute Gasteiger partial charge is 0.391 e. The fraction of sp³-hybridized carbons (Fsp3) is 0.792. The van der Waals surface area contributed by atoms with Gasteiger partial charge in [-0.15, -0.1) is 0 Å². The molecule has 1 heterocycles. The number of hydrogen-bond acceptors (Lipinski definition) is 17. The zero-order valence-electron chi connectivity index (χ0n) is 44.8. The molecule has 0 spiro atoms. The van der Waals surface area contributed by atoms with Crippen LogP contribution in [0.2, 0.25) is 0 Å². The lowest BCUT2D eigenvalue weighted by atomic mass is 9.99. The molecule has 430 valence electrons. The van der Waals surface area contributed by atoms with E-state index in [1.807, 2.05) is 6.92 Å². The van der Waals surface area contributed by atoms with Crippen LogP contribution in [-0.4, -0.2) is 180 Å². The average Bonchev–Trinajstić information content (AvgIpc) is 3.33. The lowest BCUT2D eigenvalue weighted by molar-refractivity contribution is -0.138. The van der Waals surface area contributed by atoms with Crippen molar-refractivity contribution in [1.82, 2.24) is 53.2 Å². The summed E-state index contributed by atoms with van der Waals surface area (Å²) in [5.74, 6) is -9.54. The van der Waals surface area contributed by atoms with E-state index in [4.69, 9.17) is 22.9 Å². The smallest absolute Gasteiger partial charge is 0.249 e. The summed E-state index contributed by atoms with van der Waals surface area (Å²) < 4.78 is 0. The van der Waals surface area contributed by atoms with Gasteiger partial charge in [0.25, 0.3) is 0 Å². The first-order chi connectivity index (χ1) is 35.3. The Hall–Kier alpha value is -5.58. The molecule has 1 saturated heterocycles. The van der Waals surface area contributed by atoms with Crippen LogP contribution in [0.4, 0.5) is 0 Å². The molecule has 3 unspecified atom stereocenters. The number of aliphatic hydroxyl groups is 3. The van der Waals surface area contributed by atoms with E-state index in [1.54, 1.807) is 27.7 Å². The summed E-state index contributed by atoms with van der Waals surface area (Å²) in [6.45, 7) is 10.5. The average molecular weight is 1070 g/mol. The minimum Gasteiger partial charge on any atom is -0.391 e. The molecule has 1 aliphatic rings. The van der Waals surface area contributed by atoms with Crippen LogP contribution >= 0.6 is 0 Å². The van der Waals surface area contributed by atoms with Crippen molar-refractivity contribution in [3.63, 3.8) is 0 Å². The van der Waals surface area contributed by atoms with E-state index >= 15 is 0 Å². The molecule has 1 rings (SSSR count). The second kappa shape index (κ2) is 35.6. The Balaban J connectivity index is 3.85. The van der Waals surface area contributed by atoms with E-state index in [1.165, 1.54) is 13.8 Å². The highest BCUT2D eigenvalue weighted by Gasteiger charge is 2.37. The molecular weight excluding hydrogens is 981 g/mol. The second-order valence-electron chi connectivity index (χ2n) is 19.9. The van der Waals surface area contributed by atoms with Crippen LogP contribution in [0, 0.1) is 11.8 Å². The highest BCUT2D eigenvalue weighted by molar-refractivity contribution is 5.99. The van der Waals surface area contributed by atoms with Crippen molar-refractivity contribution in [2.75, 3.05) is 32.7 Å². The fourth-order valence-corrected chi connectivity index (χ4v) is 7.97. The summed E-state index contributed by atoms with van der Waals surface area (Å²) >= 11 is 0. The van der Waals surface area contributed by atoms with Crippen LogP contribution in [0.15, 0.2) is 0 Å². The molecule has 1 fully saturated rings. The summed E-state index contributed by atoms with van der Waals surface area (Å²) in [4.78, 5) is 138. The topological polar surface area (TPSA) is 456 Å². The molecule has 0 aromatic heterocycles. The molecule has 0 radical (unpaired) electrons. The normalized spacial score (nSPS) is 24.2. The van der Waals surface area contributed by atoms with E-state index in [-0.39, 0.29) is 83.0 Å². The van der Waals surface area contributed by atoms with Gasteiger partial charge >= 0.3 is 0 Å². The Morgan fingerprint density at radius 2 is 1.00 bits per heavy atom. The third-order valence-electron chi connectivity index (χ3n) is 12.2. The van der Waals surface area contributed by atoms with Gasteiger partial charge in [0.2, 0.25) is 59.1 Å². The zero-order chi connectivity index (χ0) is 56.9. The van der Waals surface area contributed by atoms with E-state index in [9.17, 15) is 63.3 Å². The third kappa shape index (κ3) is 24.8. The Morgan fingerprint density at radius 3 is 1.43 bits per heavy atom. The molecule has 27 nitrogen and oxygen atoms in total. The number of amides is 10. The molecule has 0 aliphatic carbocycles. The minimum atomic E-state index is -1.66. The van der Waals surface area contributed by atoms with Gasteiger partial charge in [0.1, 0.15) is 60.5 Å². The van der Waals surface area contributed by atoms with E-state index in [0.29, 0.717) is 6.42 Å². The Labute approximate surface area is 440 Å². The quantitative estimate of drug-likeness (QED) is 0.0379. The van der Waals surface area contributed by atoms with E-state index in [0.717, 1.165) is 19.3 Å². The highest BCUT2D eigenvalue weighted by atomic mass is 16.3. The Bertz CT molecular complexity index is 1860. The third-order valence-corrected chi connectivity index (χ3v) is 12.2. The van der Waals surface area contributed by atoms with Gasteiger partial charge in [-0.2, -0.15) is 0 Å². The van der Waals surface area contributed by atoms with Crippen molar-refractivity contribution in [3.8, 4) is 0 Å². The summed E-state index contributed by atoms with van der Waals surface area (Å²) in [7, 11) is 0. The fourth-order valence-electron chi connectivity index (χ4n) is 7.97. The molecule has 0 bridgehead atoms. The predicted molar refractivity (Wildman–Crippen MR) is 277 cm³/mol. The van der Waals surface area contributed by atoms with Crippen molar-refractivity contribution >= 4 is 59.1 Å². The second-order valence-corrected chi connectivity index (χ2v) is 19.9. The molecule has 27 heteroatoms. The summed E-state index contributed by atoms with van der Waals surface area (Å²) in [5.41, 5.74) is 23.3. The van der Waals surface area contributed by atoms with Gasteiger partial charge in [0.05, 0.1) is 12.2 Å². The highest BCUT2D eigenvalue weighted by Crippen LogP contribution is 2.12. The number of carbonyl (C=O) groups excluding carboxylic acids is 10. The molecule has 21 N–H and O–H groups in total. The van der Waals surface area contributed by atoms with Crippen LogP contribution in [0.25, 0.3) is 0 Å². The van der Waals surface area contributed by atoms with Crippen LogP contribution in [0.5, 0.6) is 0 Å². The number of nitrogens with two attached hydrogens (primary N) is 4. The first-order valence-corrected chi connectivity index (χ1v) is 26.2. The predicted octanol–water partition coefficient (Wildman–Crippen LogP) is -5.55. The maximum atomic E-state index is 14.3. The van der Waals surface area contributed by atoms with Gasteiger partial charge in [0, 0.05) is 6.54 Å². The first kappa shape index (κ1) is 67.4. The van der Waals surface area contributed by atoms with Crippen LogP contribution < -0.4 is 76.1 Å². The number of rotatable bonds is 25. The van der Waals surface area contributed by atoms with Crippen molar-refractivity contribution in [1.29, 1.82) is 0 Å². The molecule has 12 atom stereocenters. The molecular formula is C48H90N14O13. The van der Waals surface area contributed by atoms with Gasteiger partial charge in [-0.1, -0.05) is 60.3 Å². The van der Waals surface area contributed by atoms with Crippen molar-refractivity contribution in [3.05, 3.63) is 0 Å². The van der Waals surface area contributed by atoms with Gasteiger partial charge in [-0.3, -0.25) is 47.9 Å². The molecule has 0 aromatic carbocycles. The van der Waals surface area contributed by atoms with Crippen LogP contribution in [0.3, 0.4) is 0 Å². The van der Waals surface area contributed by atoms with Crippen molar-refractivity contribution < 1.29 is 63.3 Å². The standard InChI is InChI=1S/C48H90N14O13/c1-8-9-10-11-12-36(65)46(73)62-38(28(7)64)48(75)58-31(15-20-51)40(67)57-33-17-22-53-47(74)37(27(6)63)61-43(70)32(16-21-52)55-39(66)29(13-18-49)56-44(71)34(23-25(2)3)60-45(72)35(24-26(4)5)59-41(68)30(14-19-50)54-42(33)69/h25-38,63-65H,8-24,49-52H2,1-7H3,(H,53,74)(H,54,69)(H,55,66)(H,56,71)(H,57,67)(H,58,75)(H,59,68)(H,60,72)(H,61,70)(H,62,73)/t27?,28?,29-,30-,31-,32-,33-,34-,35+,36?,37-,38-/m0/s1. The molecule has 0 aromatic rings. The Morgan fingerprint density at radius 1 is 0.547 bits per heavy atom. The summed E-state index contributed by atoms with van der Waals surface area (Å²) in [6, 6.07) is -13.1. The number of carbonyl (C=O) groups is 10. The van der Waals surface area contributed by atoms with Gasteiger partial charge < -0.3 is 91.4 Å². The summed E-state index contributed by atoms with van der Waals surface area (Å²) in [6.07, 6.45) is -2.35. The number of aliphatic hydroxyl groups excluding tert-OH is 3. The first-order valence-electron chi connectivity index (χ1n) is 26.2. The minimum absolute atomic E-state index is 0.0546. The Kier molecular flexibility index (Phi) is 32.0. The van der Waals surface area contributed by atoms with Gasteiger partial charge in [-0.05, 0) is 103 Å².